The molecule has 1 N–H and O–H groups in total. The number of carbonyl (C=O) groups is 2. The fourth-order valence-electron chi connectivity index (χ4n) is 2.57. The molecule has 6 nitrogen and oxygen atoms in total. The lowest BCUT2D eigenvalue weighted by molar-refractivity contribution is 0.102. The topological polar surface area (TPSA) is 71.5 Å². The van der Waals surface area contributed by atoms with Crippen molar-refractivity contribution < 1.29 is 14.3 Å². The van der Waals surface area contributed by atoms with Crippen LogP contribution in [0.2, 0.25) is 0 Å². The summed E-state index contributed by atoms with van der Waals surface area (Å²) in [4.78, 5) is 30.6. The molecule has 148 valence electrons. The zero-order valence-electron chi connectivity index (χ0n) is 16.2. The van der Waals surface area contributed by atoms with Gasteiger partial charge in [-0.2, -0.15) is 0 Å². The van der Waals surface area contributed by atoms with Crippen LogP contribution in [0.3, 0.4) is 0 Å². The number of methoxy groups -OCH3 is 1. The Morgan fingerprint density at radius 3 is 2.41 bits per heavy atom. The maximum atomic E-state index is 12.5. The van der Waals surface area contributed by atoms with Gasteiger partial charge in [-0.3, -0.25) is 14.7 Å². The second kappa shape index (κ2) is 9.75. The van der Waals surface area contributed by atoms with Gasteiger partial charge in [-0.05, 0) is 60.2 Å². The van der Waals surface area contributed by atoms with Crippen LogP contribution in [0.5, 0.6) is 0 Å². The standard InChI is InChI=1S/C22H21N3O3S/c1-25(22(27)28-2)19-9-7-18(8-10-19)24-21(26)17-5-11-20(12-6-17)29-15-16-4-3-13-23-14-16/h3-14H,15H2,1-2H3,(H,24,26). The summed E-state index contributed by atoms with van der Waals surface area (Å²) in [6.45, 7) is 0. The number of benzene rings is 2. The maximum Gasteiger partial charge on any atom is 0.413 e. The second-order valence-electron chi connectivity index (χ2n) is 6.20. The molecule has 2 aromatic carbocycles. The summed E-state index contributed by atoms with van der Waals surface area (Å²) in [7, 11) is 2.95. The molecule has 3 aromatic rings. The van der Waals surface area contributed by atoms with Crippen LogP contribution in [0.25, 0.3) is 0 Å². The molecule has 0 saturated carbocycles. The van der Waals surface area contributed by atoms with Crippen molar-refractivity contribution in [3.8, 4) is 0 Å². The third-order valence-corrected chi connectivity index (χ3v) is 5.29. The Morgan fingerprint density at radius 1 is 1.07 bits per heavy atom. The molecule has 0 fully saturated rings. The van der Waals surface area contributed by atoms with Crippen molar-refractivity contribution in [3.05, 3.63) is 84.2 Å². The van der Waals surface area contributed by atoms with E-state index in [4.69, 9.17) is 0 Å². The number of aromatic nitrogens is 1. The molecular weight excluding hydrogens is 386 g/mol. The Hall–Kier alpha value is -3.32. The van der Waals surface area contributed by atoms with Gasteiger partial charge in [0.2, 0.25) is 0 Å². The summed E-state index contributed by atoms with van der Waals surface area (Å²) in [5.74, 6) is 0.633. The van der Waals surface area contributed by atoms with Crippen LogP contribution in [0.15, 0.2) is 78.0 Å². The SMILES string of the molecule is COC(=O)N(C)c1ccc(NC(=O)c2ccc(SCc3cccnc3)cc2)cc1. The molecule has 29 heavy (non-hydrogen) atoms. The van der Waals surface area contributed by atoms with Gasteiger partial charge in [0, 0.05) is 47.0 Å². The van der Waals surface area contributed by atoms with Crippen molar-refractivity contribution in [1.29, 1.82) is 0 Å². The van der Waals surface area contributed by atoms with Crippen LogP contribution in [-0.4, -0.2) is 31.1 Å². The van der Waals surface area contributed by atoms with E-state index in [1.165, 1.54) is 12.0 Å². The lowest BCUT2D eigenvalue weighted by Gasteiger charge is -2.16. The summed E-state index contributed by atoms with van der Waals surface area (Å²) in [5, 5.41) is 2.86. The Bertz CT molecular complexity index is 961. The van der Waals surface area contributed by atoms with Crippen molar-refractivity contribution in [1.82, 2.24) is 4.98 Å². The predicted octanol–water partition coefficient (Wildman–Crippen LogP) is 4.83. The minimum absolute atomic E-state index is 0.192. The first-order valence-electron chi connectivity index (χ1n) is 8.91. The van der Waals surface area contributed by atoms with E-state index in [9.17, 15) is 9.59 Å². The van der Waals surface area contributed by atoms with E-state index in [1.807, 2.05) is 30.5 Å². The van der Waals surface area contributed by atoms with Crippen molar-refractivity contribution in [2.24, 2.45) is 0 Å². The fraction of sp³-hybridized carbons (Fsp3) is 0.136. The number of hydrogen-bond acceptors (Lipinski definition) is 5. The first-order valence-corrected chi connectivity index (χ1v) is 9.90. The predicted molar refractivity (Wildman–Crippen MR) is 115 cm³/mol. The number of amides is 2. The molecule has 0 aliphatic rings. The molecule has 0 unspecified atom stereocenters. The third-order valence-electron chi connectivity index (χ3n) is 4.21. The van der Waals surface area contributed by atoms with E-state index in [-0.39, 0.29) is 5.91 Å². The van der Waals surface area contributed by atoms with Gasteiger partial charge in [0.05, 0.1) is 7.11 Å². The zero-order chi connectivity index (χ0) is 20.6. The van der Waals surface area contributed by atoms with E-state index in [0.29, 0.717) is 16.9 Å². The van der Waals surface area contributed by atoms with Gasteiger partial charge in [-0.1, -0.05) is 6.07 Å². The maximum absolute atomic E-state index is 12.5. The average Bonchev–Trinajstić information content (AvgIpc) is 2.78. The molecule has 1 aromatic heterocycles. The summed E-state index contributed by atoms with van der Waals surface area (Å²) in [5.41, 5.74) is 3.05. The lowest BCUT2D eigenvalue weighted by Crippen LogP contribution is -2.25. The number of anilines is 2. The van der Waals surface area contributed by atoms with Gasteiger partial charge >= 0.3 is 6.09 Å². The monoisotopic (exact) mass is 407 g/mol. The van der Waals surface area contributed by atoms with Gasteiger partial charge in [0.1, 0.15) is 0 Å². The van der Waals surface area contributed by atoms with E-state index in [0.717, 1.165) is 16.2 Å². The quantitative estimate of drug-likeness (QED) is 0.593. The molecule has 0 atom stereocenters. The second-order valence-corrected chi connectivity index (χ2v) is 7.25. The largest absolute Gasteiger partial charge is 0.452 e. The van der Waals surface area contributed by atoms with Crippen molar-refractivity contribution in [3.63, 3.8) is 0 Å². The van der Waals surface area contributed by atoms with Gasteiger partial charge in [-0.15, -0.1) is 11.8 Å². The Kier molecular flexibility index (Phi) is 6.86. The van der Waals surface area contributed by atoms with Crippen LogP contribution in [0.1, 0.15) is 15.9 Å². The van der Waals surface area contributed by atoms with Crippen molar-refractivity contribution in [2.45, 2.75) is 10.6 Å². The van der Waals surface area contributed by atoms with Gasteiger partial charge in [0.15, 0.2) is 0 Å². The van der Waals surface area contributed by atoms with Crippen LogP contribution >= 0.6 is 11.8 Å². The van der Waals surface area contributed by atoms with Crippen molar-refractivity contribution in [2.75, 3.05) is 24.4 Å². The number of thioether (sulfide) groups is 1. The number of hydrogen-bond donors (Lipinski definition) is 1. The summed E-state index contributed by atoms with van der Waals surface area (Å²) >= 11 is 1.69. The summed E-state index contributed by atoms with van der Waals surface area (Å²) < 4.78 is 4.68. The smallest absolute Gasteiger partial charge is 0.413 e. The highest BCUT2D eigenvalue weighted by molar-refractivity contribution is 7.98. The molecular formula is C22H21N3O3S. The minimum Gasteiger partial charge on any atom is -0.452 e. The summed E-state index contributed by atoms with van der Waals surface area (Å²) in [6.07, 6.45) is 3.15. The number of nitrogens with zero attached hydrogens (tertiary/aromatic N) is 2. The highest BCUT2D eigenvalue weighted by atomic mass is 32.2. The lowest BCUT2D eigenvalue weighted by atomic mass is 10.2. The normalized spacial score (nSPS) is 10.3. The van der Waals surface area contributed by atoms with Crippen molar-refractivity contribution >= 4 is 35.1 Å². The van der Waals surface area contributed by atoms with Gasteiger partial charge in [-0.25, -0.2) is 4.79 Å². The van der Waals surface area contributed by atoms with Gasteiger partial charge in [0.25, 0.3) is 5.91 Å². The van der Waals surface area contributed by atoms with E-state index >= 15 is 0 Å². The number of ether oxygens (including phenoxy) is 1. The van der Waals surface area contributed by atoms with Crippen LogP contribution in [-0.2, 0) is 10.5 Å². The van der Waals surface area contributed by atoms with Crippen LogP contribution < -0.4 is 10.2 Å². The van der Waals surface area contributed by atoms with E-state index < -0.39 is 6.09 Å². The molecule has 0 bridgehead atoms. The molecule has 0 radical (unpaired) electrons. The molecule has 0 aliphatic carbocycles. The highest BCUT2D eigenvalue weighted by Gasteiger charge is 2.11. The molecule has 0 saturated heterocycles. The number of nitrogens with one attached hydrogen (secondary N) is 1. The fourth-order valence-corrected chi connectivity index (χ4v) is 3.40. The highest BCUT2D eigenvalue weighted by Crippen LogP contribution is 2.23. The number of rotatable bonds is 6. The average molecular weight is 407 g/mol. The Morgan fingerprint density at radius 2 is 1.79 bits per heavy atom. The minimum atomic E-state index is -0.455. The molecule has 7 heteroatoms. The molecule has 1 heterocycles. The molecule has 0 spiro atoms. The molecule has 0 aliphatic heterocycles. The summed E-state index contributed by atoms with van der Waals surface area (Å²) in [6, 6.07) is 18.4. The van der Waals surface area contributed by atoms with Gasteiger partial charge < -0.3 is 10.1 Å². The number of pyridine rings is 1. The first kappa shape index (κ1) is 20.4. The Balaban J connectivity index is 1.57. The van der Waals surface area contributed by atoms with Crippen LogP contribution in [0.4, 0.5) is 16.2 Å². The molecule has 3 rings (SSSR count). The molecule has 2 amide bonds. The first-order chi connectivity index (χ1) is 14.1. The van der Waals surface area contributed by atoms with Crippen LogP contribution in [0, 0.1) is 0 Å². The zero-order valence-corrected chi connectivity index (χ0v) is 17.0. The van der Waals surface area contributed by atoms with E-state index in [2.05, 4.69) is 15.0 Å². The Labute approximate surface area is 173 Å². The van der Waals surface area contributed by atoms with E-state index in [1.54, 1.807) is 61.4 Å². The number of carbonyl (C=O) groups excluding carboxylic acids is 2. The third kappa shape index (κ3) is 5.58.